The first-order chi connectivity index (χ1) is 23.9. The van der Waals surface area contributed by atoms with E-state index in [1.807, 2.05) is 85.9 Å². The fraction of sp³-hybridized carbons (Fsp3) is 0.0889. The minimum atomic E-state index is -0.127. The second-order valence-electron chi connectivity index (χ2n) is 12.8. The van der Waals surface area contributed by atoms with Crippen molar-refractivity contribution in [3.05, 3.63) is 168 Å². The number of hydrogen-bond donors (Lipinski definition) is 0. The molecule has 5 heteroatoms. The molecule has 0 N–H and O–H groups in total. The number of nitrogens with zero attached hydrogens (tertiary/aromatic N) is 3. The van der Waals surface area contributed by atoms with Gasteiger partial charge in [0.1, 0.15) is 5.58 Å². The van der Waals surface area contributed by atoms with E-state index in [-0.39, 0.29) is 25.5 Å². The third-order valence-corrected chi connectivity index (χ3v) is 9.41. The Morgan fingerprint density at radius 2 is 1.50 bits per heavy atom. The summed E-state index contributed by atoms with van der Waals surface area (Å²) in [6.45, 7) is 6.57. The SMILES string of the molecule is CC1(C)c2ccccc2-c2ccc(-c3c(C#N)ccc4c3oc3c(-c5ccccn5)[c-]ccc34)cc21.Cc1ccc(-c2[c-]cccc2)nc1.[Ir]. The molecule has 0 aliphatic heterocycles. The molecule has 1 aliphatic rings. The van der Waals surface area contributed by atoms with E-state index < -0.39 is 0 Å². The molecular formula is C45H31IrN3O-2. The molecule has 0 fully saturated rings. The van der Waals surface area contributed by atoms with E-state index >= 15 is 0 Å². The maximum atomic E-state index is 10.1. The summed E-state index contributed by atoms with van der Waals surface area (Å²) in [7, 11) is 0. The number of nitriles is 1. The fourth-order valence-electron chi connectivity index (χ4n) is 6.93. The Hall–Kier alpha value is -5.66. The van der Waals surface area contributed by atoms with Crippen molar-refractivity contribution >= 4 is 21.9 Å². The molecule has 4 nitrogen and oxygen atoms in total. The summed E-state index contributed by atoms with van der Waals surface area (Å²) >= 11 is 0. The topological polar surface area (TPSA) is 62.7 Å². The molecule has 5 aromatic carbocycles. The summed E-state index contributed by atoms with van der Waals surface area (Å²) < 4.78 is 6.58. The van der Waals surface area contributed by atoms with E-state index in [0.717, 1.165) is 50.0 Å². The van der Waals surface area contributed by atoms with E-state index in [1.165, 1.54) is 27.8 Å². The number of aryl methyl sites for hydroxylation is 1. The number of benzene rings is 5. The Morgan fingerprint density at radius 3 is 2.26 bits per heavy atom. The number of rotatable bonds is 3. The van der Waals surface area contributed by atoms with Crippen molar-refractivity contribution in [1.82, 2.24) is 9.97 Å². The molecule has 1 radical (unpaired) electrons. The molecule has 50 heavy (non-hydrogen) atoms. The zero-order valence-electron chi connectivity index (χ0n) is 27.8. The smallest absolute Gasteiger partial charge is 0.130 e. The van der Waals surface area contributed by atoms with Crippen molar-refractivity contribution < 1.29 is 24.5 Å². The molecule has 1 aliphatic carbocycles. The predicted octanol–water partition coefficient (Wildman–Crippen LogP) is 11.1. The minimum absolute atomic E-state index is 0. The summed E-state index contributed by atoms with van der Waals surface area (Å²) in [5.41, 5.74) is 13.7. The third kappa shape index (κ3) is 5.63. The molecule has 0 saturated heterocycles. The Labute approximate surface area is 305 Å². The van der Waals surface area contributed by atoms with Crippen LogP contribution in [0.2, 0.25) is 0 Å². The van der Waals surface area contributed by atoms with Crippen LogP contribution in [0.1, 0.15) is 36.1 Å². The van der Waals surface area contributed by atoms with Crippen LogP contribution in [-0.4, -0.2) is 9.97 Å². The summed E-state index contributed by atoms with van der Waals surface area (Å²) in [5, 5.41) is 12.0. The van der Waals surface area contributed by atoms with Crippen LogP contribution in [0.15, 0.2) is 138 Å². The molecule has 0 saturated carbocycles. The summed E-state index contributed by atoms with van der Waals surface area (Å²) in [6.07, 6.45) is 3.64. The Bertz CT molecular complexity index is 2530. The fourth-order valence-corrected chi connectivity index (χ4v) is 6.93. The predicted molar refractivity (Wildman–Crippen MR) is 197 cm³/mol. The number of hydrogen-bond acceptors (Lipinski definition) is 4. The molecule has 0 atom stereocenters. The molecule has 8 aromatic rings. The number of aromatic nitrogens is 2. The van der Waals surface area contributed by atoms with Gasteiger partial charge in [-0.25, -0.2) is 0 Å². The van der Waals surface area contributed by atoms with Crippen LogP contribution in [0.4, 0.5) is 0 Å². The zero-order valence-corrected chi connectivity index (χ0v) is 30.2. The molecule has 243 valence electrons. The van der Waals surface area contributed by atoms with Crippen LogP contribution < -0.4 is 0 Å². The Balaban J connectivity index is 0.000000236. The summed E-state index contributed by atoms with van der Waals surface area (Å²) in [6, 6.07) is 49.6. The van der Waals surface area contributed by atoms with Crippen molar-refractivity contribution in [3.8, 4) is 50.8 Å². The maximum Gasteiger partial charge on any atom is 0.130 e. The van der Waals surface area contributed by atoms with Gasteiger partial charge in [0, 0.05) is 48.9 Å². The maximum absolute atomic E-state index is 10.1. The van der Waals surface area contributed by atoms with Gasteiger partial charge >= 0.3 is 0 Å². The summed E-state index contributed by atoms with van der Waals surface area (Å²) in [4.78, 5) is 8.83. The largest absolute Gasteiger partial charge is 0.500 e. The average molecular weight is 822 g/mol. The van der Waals surface area contributed by atoms with Crippen molar-refractivity contribution in [2.45, 2.75) is 26.2 Å². The van der Waals surface area contributed by atoms with E-state index in [9.17, 15) is 5.26 Å². The molecule has 0 spiro atoms. The van der Waals surface area contributed by atoms with Crippen LogP contribution in [0.3, 0.4) is 0 Å². The van der Waals surface area contributed by atoms with E-state index in [1.54, 1.807) is 6.20 Å². The van der Waals surface area contributed by atoms with Crippen LogP contribution >= 0.6 is 0 Å². The first kappa shape index (κ1) is 32.9. The van der Waals surface area contributed by atoms with Gasteiger partial charge in [0.15, 0.2) is 0 Å². The van der Waals surface area contributed by atoms with Gasteiger partial charge in [-0.1, -0.05) is 91.5 Å². The monoisotopic (exact) mass is 822 g/mol. The molecule has 0 unspecified atom stereocenters. The third-order valence-electron chi connectivity index (χ3n) is 9.41. The first-order valence-electron chi connectivity index (χ1n) is 16.3. The Morgan fingerprint density at radius 1 is 0.700 bits per heavy atom. The molecular weight excluding hydrogens is 791 g/mol. The van der Waals surface area contributed by atoms with Gasteiger partial charge < -0.3 is 14.4 Å². The van der Waals surface area contributed by atoms with Crippen molar-refractivity contribution in [2.75, 3.05) is 0 Å². The molecule has 3 aromatic heterocycles. The average Bonchev–Trinajstić information content (AvgIpc) is 3.64. The van der Waals surface area contributed by atoms with E-state index in [4.69, 9.17) is 4.42 Å². The molecule has 3 heterocycles. The van der Waals surface area contributed by atoms with Crippen LogP contribution in [-0.2, 0) is 25.5 Å². The molecule has 9 rings (SSSR count). The second kappa shape index (κ2) is 13.3. The zero-order chi connectivity index (χ0) is 33.5. The number of fused-ring (bicyclic) bond motifs is 6. The summed E-state index contributed by atoms with van der Waals surface area (Å²) in [5.74, 6) is 0. The van der Waals surface area contributed by atoms with Gasteiger partial charge in [-0.2, -0.15) is 5.26 Å². The van der Waals surface area contributed by atoms with Crippen molar-refractivity contribution in [2.24, 2.45) is 0 Å². The van der Waals surface area contributed by atoms with E-state index in [2.05, 4.69) is 90.5 Å². The van der Waals surface area contributed by atoms with Crippen molar-refractivity contribution in [3.63, 3.8) is 0 Å². The number of furan rings is 1. The van der Waals surface area contributed by atoms with Gasteiger partial charge in [-0.15, -0.1) is 54.1 Å². The van der Waals surface area contributed by atoms with Gasteiger partial charge in [0.2, 0.25) is 0 Å². The second-order valence-corrected chi connectivity index (χ2v) is 12.8. The molecule has 0 amide bonds. The van der Waals surface area contributed by atoms with Gasteiger partial charge in [-0.3, -0.25) is 0 Å². The molecule has 0 bridgehead atoms. The van der Waals surface area contributed by atoms with Gasteiger partial charge in [-0.05, 0) is 69.9 Å². The normalized spacial score (nSPS) is 12.3. The number of pyridine rings is 2. The van der Waals surface area contributed by atoms with Gasteiger partial charge in [0.05, 0.1) is 17.2 Å². The first-order valence-corrected chi connectivity index (χ1v) is 16.3. The van der Waals surface area contributed by atoms with Crippen LogP contribution in [0, 0.1) is 30.4 Å². The van der Waals surface area contributed by atoms with Crippen LogP contribution in [0.25, 0.3) is 66.7 Å². The quantitative estimate of drug-likeness (QED) is 0.167. The van der Waals surface area contributed by atoms with Crippen LogP contribution in [0.5, 0.6) is 0 Å². The Kier molecular flexibility index (Phi) is 8.76. The minimum Gasteiger partial charge on any atom is -0.500 e. The van der Waals surface area contributed by atoms with E-state index in [0.29, 0.717) is 11.1 Å². The van der Waals surface area contributed by atoms with Crippen molar-refractivity contribution in [1.29, 1.82) is 5.26 Å². The van der Waals surface area contributed by atoms with Gasteiger partial charge in [0.25, 0.3) is 0 Å². The standard InChI is InChI=1S/C33H21N2O.C12H10N.Ir/c1-33(2)27-11-4-3-8-22(27)23-15-13-20(18-28(23)33)30-21(19-34)14-16-25-24-9-7-10-26(31(24)36-32(25)30)29-12-5-6-17-35-29;1-10-7-8-12(13-9-10)11-5-3-2-4-6-11;/h3-9,11-18H,1-2H3;2-5,7-9H,1H3;/q2*-1;.